The fourth-order valence-corrected chi connectivity index (χ4v) is 2.29. The molecule has 0 bridgehead atoms. The molecule has 0 aliphatic carbocycles. The van der Waals surface area contributed by atoms with Crippen molar-refractivity contribution in [1.29, 1.82) is 0 Å². The number of hydrogen-bond donors (Lipinski definition) is 1. The van der Waals surface area contributed by atoms with Crippen molar-refractivity contribution < 1.29 is 13.2 Å². The van der Waals surface area contributed by atoms with Crippen LogP contribution in [0, 0.1) is 0 Å². The summed E-state index contributed by atoms with van der Waals surface area (Å²) in [4.78, 5) is 11.1. The molecule has 1 heterocycles. The minimum atomic E-state index is -3.55. The van der Waals surface area contributed by atoms with Gasteiger partial charge in [0.2, 0.25) is 0 Å². The Labute approximate surface area is 94.5 Å². The van der Waals surface area contributed by atoms with Crippen molar-refractivity contribution >= 4 is 42.1 Å². The third-order valence-corrected chi connectivity index (χ3v) is 3.04. The predicted octanol–water partition coefficient (Wildman–Crippen LogP) is -1.07. The van der Waals surface area contributed by atoms with Crippen LogP contribution in [0.15, 0.2) is 29.2 Å². The van der Waals surface area contributed by atoms with Crippen LogP contribution in [0.1, 0.15) is 10.4 Å². The molecule has 1 amide bonds. The van der Waals surface area contributed by atoms with Gasteiger partial charge in [-0.25, -0.2) is 13.1 Å². The Balaban J connectivity index is 0.000000845. The number of amides is 1. The van der Waals surface area contributed by atoms with Crippen LogP contribution < -0.4 is 4.72 Å². The van der Waals surface area contributed by atoms with Gasteiger partial charge in [0.05, 0.1) is 5.56 Å². The molecular formula is C7H8BiNO3S. The van der Waals surface area contributed by atoms with Crippen LogP contribution in [0.4, 0.5) is 0 Å². The van der Waals surface area contributed by atoms with Gasteiger partial charge in [-0.15, -0.1) is 0 Å². The Morgan fingerprint density at radius 2 is 1.77 bits per heavy atom. The molecule has 6 heteroatoms. The van der Waals surface area contributed by atoms with E-state index in [-0.39, 0.29) is 36.7 Å². The number of hydrogen-bond acceptors (Lipinski definition) is 3. The molecule has 1 aromatic carbocycles. The SMILES string of the molecule is O=C1NS(=O)(=O)c2ccccc21.[BiH3]. The first kappa shape index (κ1) is 10.6. The Bertz CT molecular complexity index is 455. The zero-order chi connectivity index (χ0) is 8.77. The third-order valence-electron chi connectivity index (χ3n) is 1.65. The molecule has 13 heavy (non-hydrogen) atoms. The van der Waals surface area contributed by atoms with Crippen molar-refractivity contribution in [3.05, 3.63) is 29.8 Å². The van der Waals surface area contributed by atoms with E-state index in [4.69, 9.17) is 0 Å². The first-order chi connectivity index (χ1) is 5.61. The Kier molecular flexibility index (Phi) is 2.73. The molecule has 4 nitrogen and oxygen atoms in total. The van der Waals surface area contributed by atoms with Crippen molar-refractivity contribution in [2.24, 2.45) is 0 Å². The van der Waals surface area contributed by atoms with E-state index < -0.39 is 15.9 Å². The first-order valence-electron chi connectivity index (χ1n) is 3.27. The molecule has 0 saturated heterocycles. The maximum absolute atomic E-state index is 11.1. The average molecular weight is 395 g/mol. The van der Waals surface area contributed by atoms with Crippen LogP contribution in [0.2, 0.25) is 0 Å². The zero-order valence-corrected chi connectivity index (χ0v) is 13.0. The zero-order valence-electron chi connectivity index (χ0n) is 6.65. The second kappa shape index (κ2) is 3.35. The number of sulfonamides is 1. The summed E-state index contributed by atoms with van der Waals surface area (Å²) in [5.41, 5.74) is 0.220. The fourth-order valence-electron chi connectivity index (χ4n) is 1.12. The van der Waals surface area contributed by atoms with Crippen molar-refractivity contribution in [2.75, 3.05) is 0 Å². The van der Waals surface area contributed by atoms with E-state index >= 15 is 0 Å². The second-order valence-corrected chi connectivity index (χ2v) is 4.08. The molecule has 0 aromatic heterocycles. The minimum absolute atomic E-state index is 0. The van der Waals surface area contributed by atoms with Gasteiger partial charge in [0.15, 0.2) is 0 Å². The Morgan fingerprint density at radius 3 is 2.38 bits per heavy atom. The molecule has 1 aliphatic rings. The molecule has 0 unspecified atom stereocenters. The topological polar surface area (TPSA) is 63.2 Å². The van der Waals surface area contributed by atoms with Gasteiger partial charge in [-0.1, -0.05) is 12.1 Å². The van der Waals surface area contributed by atoms with E-state index in [0.717, 1.165) is 0 Å². The second-order valence-electron chi connectivity index (χ2n) is 2.43. The number of carbonyl (C=O) groups is 1. The molecule has 1 aliphatic heterocycles. The molecule has 70 valence electrons. The standard InChI is InChI=1S/C7H5NO3S.Bi.3H/c9-7-5-3-1-2-4-6(5)12(10,11)8-7;;;;/h1-4H,(H,8,9);;;;. The number of benzene rings is 1. The molecule has 0 spiro atoms. The quantitative estimate of drug-likeness (QED) is 0.570. The van der Waals surface area contributed by atoms with E-state index in [1.165, 1.54) is 12.1 Å². The van der Waals surface area contributed by atoms with E-state index in [0.29, 0.717) is 0 Å². The van der Waals surface area contributed by atoms with Crippen molar-refractivity contribution in [3.63, 3.8) is 0 Å². The van der Waals surface area contributed by atoms with Crippen LogP contribution in [0.25, 0.3) is 0 Å². The van der Waals surface area contributed by atoms with Crippen molar-refractivity contribution in [1.82, 2.24) is 4.72 Å². The predicted molar refractivity (Wildman–Crippen MR) is 51.0 cm³/mol. The molecular weight excluding hydrogens is 387 g/mol. The molecule has 1 aromatic rings. The van der Waals surface area contributed by atoms with Crippen LogP contribution >= 0.6 is 0 Å². The van der Waals surface area contributed by atoms with Gasteiger partial charge in [-0.05, 0) is 12.1 Å². The normalized spacial score (nSPS) is 17.1. The molecule has 0 atom stereocenters. The summed E-state index contributed by atoms with van der Waals surface area (Å²) < 4.78 is 24.2. The maximum atomic E-state index is 11.1. The summed E-state index contributed by atoms with van der Waals surface area (Å²) in [5.74, 6) is -0.550. The Morgan fingerprint density at radius 1 is 1.15 bits per heavy atom. The summed E-state index contributed by atoms with van der Waals surface area (Å²) in [7, 11) is -3.55. The van der Waals surface area contributed by atoms with Gasteiger partial charge in [0, 0.05) is 0 Å². The first-order valence-corrected chi connectivity index (χ1v) is 4.76. The van der Waals surface area contributed by atoms with Gasteiger partial charge < -0.3 is 0 Å². The van der Waals surface area contributed by atoms with Gasteiger partial charge in [-0.2, -0.15) is 0 Å². The molecule has 0 fully saturated rings. The summed E-state index contributed by atoms with van der Waals surface area (Å²) in [6, 6.07) is 6.09. The van der Waals surface area contributed by atoms with E-state index in [1.54, 1.807) is 12.1 Å². The number of rotatable bonds is 0. The van der Waals surface area contributed by atoms with Crippen LogP contribution in [0.3, 0.4) is 0 Å². The van der Waals surface area contributed by atoms with Gasteiger partial charge in [0.1, 0.15) is 4.90 Å². The summed E-state index contributed by atoms with van der Waals surface area (Å²) in [6.07, 6.45) is 0. The summed E-state index contributed by atoms with van der Waals surface area (Å²) in [5, 5.41) is 0. The van der Waals surface area contributed by atoms with Crippen molar-refractivity contribution in [3.8, 4) is 0 Å². The number of nitrogens with one attached hydrogen (secondary N) is 1. The van der Waals surface area contributed by atoms with Gasteiger partial charge in [-0.3, -0.25) is 4.79 Å². The van der Waals surface area contributed by atoms with E-state index in [1.807, 2.05) is 4.72 Å². The van der Waals surface area contributed by atoms with Crippen LogP contribution in [-0.2, 0) is 10.0 Å². The summed E-state index contributed by atoms with van der Waals surface area (Å²) in [6.45, 7) is 0. The third kappa shape index (κ3) is 1.60. The van der Waals surface area contributed by atoms with Crippen LogP contribution in [-0.4, -0.2) is 40.5 Å². The van der Waals surface area contributed by atoms with Gasteiger partial charge >= 0.3 is 26.2 Å². The van der Waals surface area contributed by atoms with E-state index in [9.17, 15) is 13.2 Å². The molecule has 0 radical (unpaired) electrons. The fraction of sp³-hybridized carbons (Fsp3) is 0. The van der Waals surface area contributed by atoms with Gasteiger partial charge in [0.25, 0.3) is 15.9 Å². The van der Waals surface area contributed by atoms with Crippen LogP contribution in [0.5, 0.6) is 0 Å². The van der Waals surface area contributed by atoms with Crippen molar-refractivity contribution in [2.45, 2.75) is 4.90 Å². The molecule has 2 rings (SSSR count). The molecule has 0 saturated carbocycles. The number of fused-ring (bicyclic) bond motifs is 1. The number of carbonyl (C=O) groups excluding carboxylic acids is 1. The van der Waals surface area contributed by atoms with E-state index in [2.05, 4.69) is 0 Å². The molecule has 1 N–H and O–H groups in total. The monoisotopic (exact) mass is 395 g/mol. The summed E-state index contributed by atoms with van der Waals surface area (Å²) >= 11 is 0. The Hall–Kier alpha value is -0.477. The average Bonchev–Trinajstić information content (AvgIpc) is 2.25.